The van der Waals surface area contributed by atoms with Crippen molar-refractivity contribution < 1.29 is 9.59 Å². The Morgan fingerprint density at radius 2 is 1.82 bits per heavy atom. The molecule has 2 aromatic rings. The molecule has 1 heterocycles. The summed E-state index contributed by atoms with van der Waals surface area (Å²) in [5, 5.41) is 0. The van der Waals surface area contributed by atoms with E-state index in [4.69, 9.17) is 5.73 Å². The molecule has 2 N–H and O–H groups in total. The Morgan fingerprint density at radius 3 is 2.45 bits per heavy atom. The molecule has 0 saturated carbocycles. The predicted molar refractivity (Wildman–Crippen MR) is 88.7 cm³/mol. The first kappa shape index (κ1) is 14.8. The molecule has 5 heteroatoms. The normalized spacial score (nSPS) is 13.5. The fraction of sp³-hybridized carbons (Fsp3) is 0.294. The molecular formula is C17H18N2O2S. The van der Waals surface area contributed by atoms with Crippen LogP contribution in [-0.4, -0.2) is 18.9 Å². The molecule has 0 spiro atoms. The molecule has 0 atom stereocenters. The van der Waals surface area contributed by atoms with Crippen molar-refractivity contribution >= 4 is 28.8 Å². The lowest BCUT2D eigenvalue weighted by Gasteiger charge is -2.16. The molecule has 1 aliphatic carbocycles. The first-order valence-corrected chi connectivity index (χ1v) is 8.17. The number of nitrogens with two attached hydrogens (primary N) is 1. The van der Waals surface area contributed by atoms with Crippen molar-refractivity contribution in [3.8, 4) is 0 Å². The van der Waals surface area contributed by atoms with Gasteiger partial charge in [-0.15, -0.1) is 11.3 Å². The maximum Gasteiger partial charge on any atom is 0.268 e. The number of amides is 2. The van der Waals surface area contributed by atoms with Gasteiger partial charge in [0.05, 0.1) is 4.88 Å². The third-order valence-electron chi connectivity index (χ3n) is 4.05. The van der Waals surface area contributed by atoms with Crippen LogP contribution in [0.5, 0.6) is 0 Å². The van der Waals surface area contributed by atoms with E-state index < -0.39 is 5.91 Å². The summed E-state index contributed by atoms with van der Waals surface area (Å²) in [7, 11) is 1.75. The zero-order valence-electron chi connectivity index (χ0n) is 12.5. The van der Waals surface area contributed by atoms with Gasteiger partial charge in [-0.3, -0.25) is 9.59 Å². The number of nitrogens with zero attached hydrogens (tertiary/aromatic N) is 1. The predicted octanol–water partition coefficient (Wildman–Crippen LogP) is 3.00. The van der Waals surface area contributed by atoms with Crippen molar-refractivity contribution in [1.29, 1.82) is 0 Å². The van der Waals surface area contributed by atoms with Gasteiger partial charge >= 0.3 is 0 Å². The lowest BCUT2D eigenvalue weighted by Crippen LogP contribution is -2.25. The number of fused-ring (bicyclic) bond motifs is 1. The van der Waals surface area contributed by atoms with Crippen molar-refractivity contribution in [2.45, 2.75) is 25.7 Å². The highest BCUT2D eigenvalue weighted by Gasteiger charge is 2.20. The van der Waals surface area contributed by atoms with Crippen LogP contribution in [0.4, 0.5) is 5.69 Å². The number of carbonyl (C=O) groups is 2. The average molecular weight is 314 g/mol. The zero-order chi connectivity index (χ0) is 15.7. The van der Waals surface area contributed by atoms with Crippen molar-refractivity contribution in [3.63, 3.8) is 0 Å². The highest BCUT2D eigenvalue weighted by atomic mass is 32.1. The summed E-state index contributed by atoms with van der Waals surface area (Å²) < 4.78 is 0. The Morgan fingerprint density at radius 1 is 1.14 bits per heavy atom. The molecule has 0 unspecified atom stereocenters. The van der Waals surface area contributed by atoms with E-state index in [1.807, 2.05) is 6.07 Å². The van der Waals surface area contributed by atoms with E-state index in [2.05, 4.69) is 0 Å². The third-order valence-corrected chi connectivity index (χ3v) is 5.28. The average Bonchev–Trinajstić information content (AvgIpc) is 2.97. The van der Waals surface area contributed by atoms with Gasteiger partial charge in [0.1, 0.15) is 0 Å². The molecule has 0 aliphatic heterocycles. The molecule has 0 fully saturated rings. The van der Waals surface area contributed by atoms with Gasteiger partial charge in [-0.25, -0.2) is 0 Å². The summed E-state index contributed by atoms with van der Waals surface area (Å²) >= 11 is 1.61. The topological polar surface area (TPSA) is 63.4 Å². The van der Waals surface area contributed by atoms with E-state index in [-0.39, 0.29) is 5.91 Å². The van der Waals surface area contributed by atoms with Crippen molar-refractivity contribution in [2.24, 2.45) is 5.73 Å². The number of aryl methyl sites for hydroxylation is 2. The molecule has 0 radical (unpaired) electrons. The second-order valence-electron chi connectivity index (χ2n) is 5.54. The number of hydrogen-bond donors (Lipinski definition) is 1. The number of thiophene rings is 1. The largest absolute Gasteiger partial charge is 0.366 e. The number of anilines is 1. The second kappa shape index (κ2) is 5.93. The van der Waals surface area contributed by atoms with Gasteiger partial charge in [0.25, 0.3) is 5.91 Å². The standard InChI is InChI=1S/C17H18N2O2S/c1-19(13-8-6-11(7-9-13)16(18)20)17(21)15-10-12-4-2-3-5-14(12)22-15/h6-10H,2-5H2,1H3,(H2,18,20). The van der Waals surface area contributed by atoms with E-state index in [0.717, 1.165) is 23.4 Å². The molecular weight excluding hydrogens is 296 g/mol. The number of carbonyl (C=O) groups excluding carboxylic acids is 2. The Hall–Kier alpha value is -2.14. The van der Waals surface area contributed by atoms with Crippen molar-refractivity contribution in [3.05, 3.63) is 51.2 Å². The number of rotatable bonds is 3. The van der Waals surface area contributed by atoms with Gasteiger partial charge < -0.3 is 10.6 Å². The van der Waals surface area contributed by atoms with Gasteiger partial charge in [-0.2, -0.15) is 0 Å². The first-order valence-electron chi connectivity index (χ1n) is 7.36. The molecule has 1 aliphatic rings. The minimum atomic E-state index is -0.466. The number of benzene rings is 1. The monoisotopic (exact) mass is 314 g/mol. The highest BCUT2D eigenvalue weighted by molar-refractivity contribution is 7.14. The van der Waals surface area contributed by atoms with Crippen LogP contribution in [0.25, 0.3) is 0 Å². The Bertz CT molecular complexity index is 695. The van der Waals surface area contributed by atoms with Gasteiger partial charge in [-0.1, -0.05) is 0 Å². The molecule has 22 heavy (non-hydrogen) atoms. The second-order valence-corrected chi connectivity index (χ2v) is 6.68. The van der Waals surface area contributed by atoms with Gasteiger partial charge in [-0.05, 0) is 61.6 Å². The van der Waals surface area contributed by atoms with E-state index in [0.29, 0.717) is 5.56 Å². The lowest BCUT2D eigenvalue weighted by atomic mass is 9.99. The molecule has 3 rings (SSSR count). The quantitative estimate of drug-likeness (QED) is 0.946. The van der Waals surface area contributed by atoms with Crippen LogP contribution in [0.2, 0.25) is 0 Å². The Labute approximate surface area is 133 Å². The molecule has 2 amide bonds. The number of primary amides is 1. The molecule has 1 aromatic heterocycles. The maximum absolute atomic E-state index is 12.6. The van der Waals surface area contributed by atoms with E-state index in [1.54, 1.807) is 47.5 Å². The fourth-order valence-electron chi connectivity index (χ4n) is 2.73. The van der Waals surface area contributed by atoms with Crippen LogP contribution in [0.3, 0.4) is 0 Å². The zero-order valence-corrected chi connectivity index (χ0v) is 13.3. The first-order chi connectivity index (χ1) is 10.6. The maximum atomic E-state index is 12.6. The van der Waals surface area contributed by atoms with E-state index in [9.17, 15) is 9.59 Å². The van der Waals surface area contributed by atoms with Crippen LogP contribution in [0.15, 0.2) is 30.3 Å². The fourth-order valence-corrected chi connectivity index (χ4v) is 3.96. The smallest absolute Gasteiger partial charge is 0.268 e. The van der Waals surface area contributed by atoms with Crippen LogP contribution in [0, 0.1) is 0 Å². The molecule has 0 bridgehead atoms. The van der Waals surface area contributed by atoms with Crippen LogP contribution >= 0.6 is 11.3 Å². The minimum Gasteiger partial charge on any atom is -0.366 e. The Balaban J connectivity index is 1.81. The van der Waals surface area contributed by atoms with Crippen LogP contribution in [0.1, 0.15) is 43.3 Å². The Kier molecular flexibility index (Phi) is 3.98. The van der Waals surface area contributed by atoms with Gasteiger partial charge in [0.2, 0.25) is 5.91 Å². The SMILES string of the molecule is CN(C(=O)c1cc2c(s1)CCCC2)c1ccc(C(N)=O)cc1. The summed E-state index contributed by atoms with van der Waals surface area (Å²) in [6.07, 6.45) is 4.59. The lowest BCUT2D eigenvalue weighted by molar-refractivity contribution is 0.0991. The van der Waals surface area contributed by atoms with E-state index in [1.165, 1.54) is 23.3 Å². The minimum absolute atomic E-state index is 0.00813. The van der Waals surface area contributed by atoms with Crippen molar-refractivity contribution in [1.82, 2.24) is 0 Å². The van der Waals surface area contributed by atoms with Gasteiger partial charge in [0, 0.05) is 23.2 Å². The molecule has 0 saturated heterocycles. The molecule has 114 valence electrons. The summed E-state index contributed by atoms with van der Waals surface area (Å²) in [6, 6.07) is 8.80. The summed E-state index contributed by atoms with van der Waals surface area (Å²) in [5.74, 6) is -0.474. The van der Waals surface area contributed by atoms with Crippen molar-refractivity contribution in [2.75, 3.05) is 11.9 Å². The third kappa shape index (κ3) is 2.76. The van der Waals surface area contributed by atoms with Crippen LogP contribution in [-0.2, 0) is 12.8 Å². The highest BCUT2D eigenvalue weighted by Crippen LogP contribution is 2.31. The molecule has 1 aromatic carbocycles. The van der Waals surface area contributed by atoms with Gasteiger partial charge in [0.15, 0.2) is 0 Å². The van der Waals surface area contributed by atoms with Crippen LogP contribution < -0.4 is 10.6 Å². The van der Waals surface area contributed by atoms with E-state index >= 15 is 0 Å². The summed E-state index contributed by atoms with van der Waals surface area (Å²) in [6.45, 7) is 0. The summed E-state index contributed by atoms with van der Waals surface area (Å²) in [5.41, 5.74) is 7.75. The summed E-state index contributed by atoms with van der Waals surface area (Å²) in [4.78, 5) is 27.5. The number of hydrogen-bond acceptors (Lipinski definition) is 3. The molecule has 4 nitrogen and oxygen atoms in total.